The van der Waals surface area contributed by atoms with Gasteiger partial charge in [-0.05, 0) is 12.1 Å². The molecule has 0 bridgehead atoms. The Bertz CT molecular complexity index is 222. The van der Waals surface area contributed by atoms with E-state index < -0.39 is 5.97 Å². The second kappa shape index (κ2) is 4.99. The van der Waals surface area contributed by atoms with Crippen LogP contribution in [0.1, 0.15) is 10.4 Å². The van der Waals surface area contributed by atoms with E-state index in [9.17, 15) is 4.79 Å². The molecule has 0 spiro atoms. The Labute approximate surface area is 76.7 Å². The first-order chi connectivity index (χ1) is 4.84. The molecule has 52 valence electrons. The van der Waals surface area contributed by atoms with Crippen molar-refractivity contribution in [1.82, 2.24) is 0 Å². The number of rotatable bonds is 1. The first-order valence-electron chi connectivity index (χ1n) is 2.75. The zero-order valence-electron chi connectivity index (χ0n) is 5.86. The summed E-state index contributed by atoms with van der Waals surface area (Å²) in [5, 5.41) is 7.94. The number of carbonyl (C=O) groups excluding carboxylic acids is 1. The van der Waals surface area contributed by atoms with Gasteiger partial charge in [0.15, 0.2) is 0 Å². The van der Waals surface area contributed by atoms with Crippen molar-refractivity contribution < 1.29 is 34.4 Å². The zero-order valence-corrected chi connectivity index (χ0v) is 8.82. The molecule has 0 aliphatic heterocycles. The van der Waals surface area contributed by atoms with Crippen LogP contribution in [-0.4, -0.2) is 11.2 Å². The average molecular weight is 204 g/mol. The van der Waals surface area contributed by atoms with Gasteiger partial charge >= 0.3 is 25.4 Å². The van der Waals surface area contributed by atoms with Crippen LogP contribution >= 0.6 is 0 Å². The molecule has 1 aromatic rings. The molecule has 0 aliphatic carbocycles. The van der Waals surface area contributed by atoms with Gasteiger partial charge in [0.2, 0.25) is 0 Å². The van der Waals surface area contributed by atoms with Crippen LogP contribution in [0.2, 0.25) is 0 Å². The van der Waals surface area contributed by atoms with Crippen LogP contribution in [0.5, 0.6) is 0 Å². The van der Waals surface area contributed by atoms with Crippen molar-refractivity contribution in [1.29, 1.82) is 0 Å². The molecule has 0 aromatic heterocycles. The summed E-state index contributed by atoms with van der Waals surface area (Å²) in [5.74, 6) is -0.736. The Hall–Kier alpha value is -0.727. The summed E-state index contributed by atoms with van der Waals surface area (Å²) in [6.07, 6.45) is 0. The molecule has 11 heavy (non-hydrogen) atoms. The predicted octanol–water partition coefficient (Wildman–Crippen LogP) is 1.31. The summed E-state index contributed by atoms with van der Waals surface area (Å²) >= 11 is 0. The number of hydrogen-bond acceptors (Lipinski definition) is 3. The maximum absolute atomic E-state index is 10.5. The van der Waals surface area contributed by atoms with E-state index in [0.29, 0.717) is 5.56 Å². The van der Waals surface area contributed by atoms with E-state index >= 15 is 0 Å². The summed E-state index contributed by atoms with van der Waals surface area (Å²) in [5.41, 5.74) is 0.338. The number of benzene rings is 1. The molecule has 3 nitrogen and oxygen atoms in total. The molecule has 1 rings (SSSR count). The molecule has 0 amide bonds. The van der Waals surface area contributed by atoms with Crippen molar-refractivity contribution in [2.24, 2.45) is 0 Å². The Morgan fingerprint density at radius 1 is 1.27 bits per heavy atom. The minimum atomic E-state index is -0.736. The Kier molecular flexibility index (Phi) is 4.66. The molecule has 0 saturated carbocycles. The minimum absolute atomic E-state index is 0. The van der Waals surface area contributed by atoms with Gasteiger partial charge in [0.1, 0.15) is 0 Å². The van der Waals surface area contributed by atoms with E-state index in [1.54, 1.807) is 30.3 Å². The molecule has 0 aliphatic rings. The first kappa shape index (κ1) is 10.3. The Balaban J connectivity index is 0.000001000. The van der Waals surface area contributed by atoms with E-state index in [2.05, 4.69) is 4.89 Å². The third kappa shape index (κ3) is 2.78. The van der Waals surface area contributed by atoms with E-state index in [1.807, 2.05) is 0 Å². The van der Waals surface area contributed by atoms with Crippen molar-refractivity contribution in [2.75, 3.05) is 0 Å². The van der Waals surface area contributed by atoms with Crippen molar-refractivity contribution in [3.8, 4) is 0 Å². The van der Waals surface area contributed by atoms with Gasteiger partial charge in [0.25, 0.3) is 0 Å². The predicted molar refractivity (Wildman–Crippen MR) is 34.5 cm³/mol. The molecule has 0 unspecified atom stereocenters. The molecule has 0 saturated heterocycles. The van der Waals surface area contributed by atoms with Crippen LogP contribution < -0.4 is 0 Å². The molecule has 0 atom stereocenters. The average Bonchev–Trinajstić information content (AvgIpc) is 2.05. The number of carbonyl (C=O) groups is 1. The Morgan fingerprint density at radius 2 is 1.82 bits per heavy atom. The molecule has 0 fully saturated rings. The smallest absolute Gasteiger partial charge is 0.296 e. The normalized spacial score (nSPS) is 8.09. The molecule has 1 N–H and O–H groups in total. The summed E-state index contributed by atoms with van der Waals surface area (Å²) < 4.78 is 0. The van der Waals surface area contributed by atoms with Crippen LogP contribution in [0.15, 0.2) is 30.3 Å². The van der Waals surface area contributed by atoms with Gasteiger partial charge in [-0.2, -0.15) is 5.26 Å². The van der Waals surface area contributed by atoms with Crippen molar-refractivity contribution in [3.05, 3.63) is 35.9 Å². The van der Waals surface area contributed by atoms with Crippen LogP contribution in [0, 0.1) is 0 Å². The van der Waals surface area contributed by atoms with E-state index in [4.69, 9.17) is 5.26 Å². The summed E-state index contributed by atoms with van der Waals surface area (Å²) in [6, 6.07) is 8.25. The minimum Gasteiger partial charge on any atom is -0.296 e. The fourth-order valence-electron chi connectivity index (χ4n) is 0.627. The van der Waals surface area contributed by atoms with Crippen LogP contribution in [0.4, 0.5) is 0 Å². The second-order valence-electron chi connectivity index (χ2n) is 1.74. The van der Waals surface area contributed by atoms with Gasteiger partial charge in [-0.15, -0.1) is 0 Å². The summed E-state index contributed by atoms with van der Waals surface area (Å²) in [6.45, 7) is 0. The maximum Gasteiger partial charge on any atom is 2.00 e. The maximum atomic E-state index is 10.5. The molecular formula is C7H6O3Zn+2. The zero-order chi connectivity index (χ0) is 7.40. The standard InChI is InChI=1S/C7H6O3.Zn/c8-7(10-9)6-4-2-1-3-5-6;/h1-5,9H;/q;+2. The molecule has 4 heteroatoms. The van der Waals surface area contributed by atoms with Crippen LogP contribution in [0.3, 0.4) is 0 Å². The fourth-order valence-corrected chi connectivity index (χ4v) is 0.627. The van der Waals surface area contributed by atoms with E-state index in [-0.39, 0.29) is 19.5 Å². The largest absolute Gasteiger partial charge is 2.00 e. The SMILES string of the molecule is O=C(OO)c1ccccc1.[Zn+2]. The topological polar surface area (TPSA) is 46.5 Å². The van der Waals surface area contributed by atoms with Crippen LogP contribution in [0.25, 0.3) is 0 Å². The van der Waals surface area contributed by atoms with Crippen molar-refractivity contribution >= 4 is 5.97 Å². The number of hydrogen-bond donors (Lipinski definition) is 1. The second-order valence-corrected chi connectivity index (χ2v) is 1.74. The van der Waals surface area contributed by atoms with Gasteiger partial charge < -0.3 is 0 Å². The molecule has 0 heterocycles. The molecule has 1 aromatic carbocycles. The summed E-state index contributed by atoms with van der Waals surface area (Å²) in [4.78, 5) is 14.0. The Morgan fingerprint density at radius 3 is 2.27 bits per heavy atom. The van der Waals surface area contributed by atoms with Gasteiger partial charge in [-0.3, -0.25) is 4.89 Å². The van der Waals surface area contributed by atoms with Gasteiger partial charge in [0.05, 0.1) is 5.56 Å². The fraction of sp³-hybridized carbons (Fsp3) is 0. The third-order valence-electron chi connectivity index (χ3n) is 1.09. The van der Waals surface area contributed by atoms with Gasteiger partial charge in [-0.1, -0.05) is 18.2 Å². The van der Waals surface area contributed by atoms with Crippen molar-refractivity contribution in [3.63, 3.8) is 0 Å². The molecule has 0 radical (unpaired) electrons. The van der Waals surface area contributed by atoms with Crippen molar-refractivity contribution in [2.45, 2.75) is 0 Å². The monoisotopic (exact) mass is 202 g/mol. The quantitative estimate of drug-likeness (QED) is 0.425. The first-order valence-corrected chi connectivity index (χ1v) is 2.75. The van der Waals surface area contributed by atoms with Gasteiger partial charge in [-0.25, -0.2) is 4.79 Å². The van der Waals surface area contributed by atoms with Gasteiger partial charge in [0, 0.05) is 0 Å². The van der Waals surface area contributed by atoms with E-state index in [1.165, 1.54) is 0 Å². The van der Waals surface area contributed by atoms with E-state index in [0.717, 1.165) is 0 Å². The van der Waals surface area contributed by atoms with Crippen LogP contribution in [-0.2, 0) is 24.4 Å². The third-order valence-corrected chi connectivity index (χ3v) is 1.09. The summed E-state index contributed by atoms with van der Waals surface area (Å²) in [7, 11) is 0. The molecular weight excluding hydrogens is 197 g/mol.